The van der Waals surface area contributed by atoms with Crippen molar-refractivity contribution in [1.29, 1.82) is 0 Å². The van der Waals surface area contributed by atoms with E-state index in [9.17, 15) is 0 Å². The van der Waals surface area contributed by atoms with Crippen LogP contribution < -0.4 is 11.3 Å². The van der Waals surface area contributed by atoms with Crippen molar-refractivity contribution in [3.63, 3.8) is 0 Å². The van der Waals surface area contributed by atoms with Gasteiger partial charge in [0, 0.05) is 6.04 Å². The maximum atomic E-state index is 5.40. The first-order valence-electron chi connectivity index (χ1n) is 4.45. The molecule has 1 atom stereocenters. The molecule has 0 amide bonds. The Kier molecular flexibility index (Phi) is 4.75. The maximum absolute atomic E-state index is 5.40. The zero-order valence-corrected chi connectivity index (χ0v) is 8.52. The lowest BCUT2D eigenvalue weighted by Gasteiger charge is -2.12. The third kappa shape index (κ3) is 3.72. The van der Waals surface area contributed by atoms with Gasteiger partial charge in [0.15, 0.2) is 0 Å². The highest BCUT2D eigenvalue weighted by Crippen LogP contribution is 2.10. The van der Waals surface area contributed by atoms with Crippen LogP contribution >= 0.6 is 11.3 Å². The molecule has 0 bridgehead atoms. The van der Waals surface area contributed by atoms with Gasteiger partial charge >= 0.3 is 0 Å². The molecule has 3 N–H and O–H groups in total. The first-order valence-corrected chi connectivity index (χ1v) is 5.39. The molecule has 0 spiro atoms. The van der Waals surface area contributed by atoms with Crippen molar-refractivity contribution in [3.8, 4) is 0 Å². The molecule has 72 valence electrons. The average Bonchev–Trinajstić information content (AvgIpc) is 2.64. The lowest BCUT2D eigenvalue weighted by molar-refractivity contribution is 0.499. The monoisotopic (exact) mass is 196 g/mol. The number of thiophene rings is 1. The van der Waals surface area contributed by atoms with Gasteiger partial charge in [-0.3, -0.25) is 11.3 Å². The summed E-state index contributed by atoms with van der Waals surface area (Å²) in [4.78, 5) is 0. The molecule has 0 saturated heterocycles. The summed E-state index contributed by atoms with van der Waals surface area (Å²) < 4.78 is 0. The van der Waals surface area contributed by atoms with Gasteiger partial charge in [0.1, 0.15) is 0 Å². The van der Waals surface area contributed by atoms with Gasteiger partial charge < -0.3 is 0 Å². The van der Waals surface area contributed by atoms with Gasteiger partial charge in [0.2, 0.25) is 0 Å². The molecule has 1 aromatic rings. The van der Waals surface area contributed by atoms with Crippen LogP contribution in [0, 0.1) is 0 Å². The van der Waals surface area contributed by atoms with Crippen LogP contribution in [-0.2, 0) is 6.42 Å². The number of nitrogens with two attached hydrogens (primary N) is 1. The van der Waals surface area contributed by atoms with Gasteiger partial charge in [-0.2, -0.15) is 11.3 Å². The van der Waals surface area contributed by atoms with Crippen LogP contribution in [0.4, 0.5) is 0 Å². The van der Waals surface area contributed by atoms with Crippen molar-refractivity contribution in [2.75, 3.05) is 0 Å². The number of nitrogens with one attached hydrogen (secondary N) is 1. The minimum Gasteiger partial charge on any atom is -0.271 e. The molecule has 1 unspecified atom stereocenters. The smallest absolute Gasteiger partial charge is 0.0248 e. The number of aryl methyl sites for hydroxylation is 1. The first kappa shape index (κ1) is 10.4. The topological polar surface area (TPSA) is 38.0 Å². The Bertz CT molecular complexity index is 231. The maximum Gasteiger partial charge on any atom is 0.0248 e. The SMILES string of the molecule is C=CCC(CCc1ccsc1)NN. The minimum absolute atomic E-state index is 0.359. The van der Waals surface area contributed by atoms with Crippen LogP contribution in [0.2, 0.25) is 0 Å². The van der Waals surface area contributed by atoms with E-state index < -0.39 is 0 Å². The first-order chi connectivity index (χ1) is 6.36. The second kappa shape index (κ2) is 5.91. The predicted molar refractivity (Wildman–Crippen MR) is 58.6 cm³/mol. The number of hydrazine groups is 1. The largest absolute Gasteiger partial charge is 0.271 e. The molecule has 1 heterocycles. The Morgan fingerprint density at radius 3 is 3.08 bits per heavy atom. The van der Waals surface area contributed by atoms with Gasteiger partial charge in [-0.05, 0) is 41.7 Å². The summed E-state index contributed by atoms with van der Waals surface area (Å²) in [7, 11) is 0. The van der Waals surface area contributed by atoms with E-state index in [-0.39, 0.29) is 0 Å². The molecule has 0 radical (unpaired) electrons. The van der Waals surface area contributed by atoms with E-state index in [2.05, 4.69) is 28.8 Å². The highest BCUT2D eigenvalue weighted by Gasteiger charge is 2.04. The fourth-order valence-electron chi connectivity index (χ4n) is 1.25. The Morgan fingerprint density at radius 1 is 1.69 bits per heavy atom. The number of hydrogen-bond acceptors (Lipinski definition) is 3. The van der Waals surface area contributed by atoms with Gasteiger partial charge in [-0.15, -0.1) is 6.58 Å². The molecule has 0 aromatic carbocycles. The Hall–Kier alpha value is -0.640. The molecule has 1 aromatic heterocycles. The molecular weight excluding hydrogens is 180 g/mol. The molecule has 0 fully saturated rings. The van der Waals surface area contributed by atoms with E-state index in [4.69, 9.17) is 5.84 Å². The second-order valence-electron chi connectivity index (χ2n) is 3.06. The Balaban J connectivity index is 2.27. The standard InChI is InChI=1S/C10H16N2S/c1-2-3-10(12-11)5-4-9-6-7-13-8-9/h2,6-8,10,12H,1,3-5,11H2. The summed E-state index contributed by atoms with van der Waals surface area (Å²) in [5.74, 6) is 5.40. The zero-order chi connectivity index (χ0) is 9.52. The Morgan fingerprint density at radius 2 is 2.54 bits per heavy atom. The minimum atomic E-state index is 0.359. The summed E-state index contributed by atoms with van der Waals surface area (Å²) in [6, 6.07) is 2.52. The van der Waals surface area contributed by atoms with Gasteiger partial charge in [0.05, 0.1) is 0 Å². The molecule has 0 aliphatic heterocycles. The second-order valence-corrected chi connectivity index (χ2v) is 3.84. The van der Waals surface area contributed by atoms with Crippen molar-refractivity contribution in [2.45, 2.75) is 25.3 Å². The molecule has 0 aliphatic rings. The van der Waals surface area contributed by atoms with Crippen molar-refractivity contribution in [1.82, 2.24) is 5.43 Å². The summed E-state index contributed by atoms with van der Waals surface area (Å²) >= 11 is 1.74. The summed E-state index contributed by atoms with van der Waals surface area (Å²) in [6.07, 6.45) is 4.99. The van der Waals surface area contributed by atoms with Gasteiger partial charge in [0.25, 0.3) is 0 Å². The zero-order valence-electron chi connectivity index (χ0n) is 7.70. The van der Waals surface area contributed by atoms with Crippen LogP contribution in [-0.4, -0.2) is 6.04 Å². The molecule has 3 heteroatoms. The van der Waals surface area contributed by atoms with Crippen LogP contribution in [0.15, 0.2) is 29.5 Å². The van der Waals surface area contributed by atoms with E-state index in [0.717, 1.165) is 19.3 Å². The quantitative estimate of drug-likeness (QED) is 0.415. The summed E-state index contributed by atoms with van der Waals surface area (Å²) in [6.45, 7) is 3.70. The lowest BCUT2D eigenvalue weighted by Crippen LogP contribution is -2.34. The third-order valence-corrected chi connectivity index (χ3v) is 2.78. The number of hydrogen-bond donors (Lipinski definition) is 2. The normalized spacial score (nSPS) is 12.7. The molecule has 0 aliphatic carbocycles. The molecule has 2 nitrogen and oxygen atoms in total. The van der Waals surface area contributed by atoms with E-state index in [1.165, 1.54) is 5.56 Å². The van der Waals surface area contributed by atoms with Gasteiger partial charge in [-0.1, -0.05) is 6.08 Å². The van der Waals surface area contributed by atoms with E-state index >= 15 is 0 Å². The highest BCUT2D eigenvalue weighted by molar-refractivity contribution is 7.07. The Labute approximate surface area is 83.4 Å². The molecular formula is C10H16N2S. The highest BCUT2D eigenvalue weighted by atomic mass is 32.1. The van der Waals surface area contributed by atoms with E-state index in [1.807, 2.05) is 6.08 Å². The van der Waals surface area contributed by atoms with E-state index in [0.29, 0.717) is 6.04 Å². The van der Waals surface area contributed by atoms with Crippen molar-refractivity contribution in [2.24, 2.45) is 5.84 Å². The number of rotatable bonds is 6. The lowest BCUT2D eigenvalue weighted by atomic mass is 10.1. The molecule has 1 rings (SSSR count). The molecule has 13 heavy (non-hydrogen) atoms. The van der Waals surface area contributed by atoms with Crippen molar-refractivity contribution in [3.05, 3.63) is 35.0 Å². The molecule has 0 saturated carbocycles. The van der Waals surface area contributed by atoms with Crippen LogP contribution in [0.5, 0.6) is 0 Å². The predicted octanol–water partition coefficient (Wildman–Crippen LogP) is 2.09. The van der Waals surface area contributed by atoms with Crippen molar-refractivity contribution < 1.29 is 0 Å². The third-order valence-electron chi connectivity index (χ3n) is 2.05. The van der Waals surface area contributed by atoms with Crippen molar-refractivity contribution >= 4 is 11.3 Å². The van der Waals surface area contributed by atoms with Crippen LogP contribution in [0.25, 0.3) is 0 Å². The fraction of sp³-hybridized carbons (Fsp3) is 0.400. The van der Waals surface area contributed by atoms with E-state index in [1.54, 1.807) is 11.3 Å². The summed E-state index contributed by atoms with van der Waals surface area (Å²) in [5.41, 5.74) is 4.20. The fourth-order valence-corrected chi connectivity index (χ4v) is 1.95. The van der Waals surface area contributed by atoms with Crippen LogP contribution in [0.1, 0.15) is 18.4 Å². The van der Waals surface area contributed by atoms with Crippen LogP contribution in [0.3, 0.4) is 0 Å². The summed E-state index contributed by atoms with van der Waals surface area (Å²) in [5, 5.41) is 4.29. The average molecular weight is 196 g/mol. The van der Waals surface area contributed by atoms with Gasteiger partial charge in [-0.25, -0.2) is 0 Å².